The Kier molecular flexibility index (Phi) is 6.38. The second-order valence-electron chi connectivity index (χ2n) is 9.19. The zero-order valence-electron chi connectivity index (χ0n) is 19.4. The number of nitrogens with zero attached hydrogens (tertiary/aromatic N) is 6. The van der Waals surface area contributed by atoms with E-state index in [1.165, 1.54) is 0 Å². The fourth-order valence-corrected chi connectivity index (χ4v) is 4.86. The Labute approximate surface area is 199 Å². The van der Waals surface area contributed by atoms with Crippen LogP contribution in [-0.4, -0.2) is 90.7 Å². The third kappa shape index (κ3) is 4.64. The molecule has 3 heterocycles. The number of anilines is 1. The first kappa shape index (κ1) is 22.3. The molecule has 2 saturated heterocycles. The Morgan fingerprint density at radius 2 is 1.48 bits per heavy atom. The fourth-order valence-electron chi connectivity index (χ4n) is 4.74. The molecule has 3 aromatic rings. The van der Waals surface area contributed by atoms with Crippen molar-refractivity contribution in [2.24, 2.45) is 0 Å². The van der Waals surface area contributed by atoms with Gasteiger partial charge >= 0.3 is 0 Å². The fraction of sp³-hybridized carbons (Fsp3) is 0.440. The Morgan fingerprint density at radius 1 is 0.848 bits per heavy atom. The highest BCUT2D eigenvalue weighted by Crippen LogP contribution is 2.26. The van der Waals surface area contributed by atoms with Crippen LogP contribution >= 0.6 is 11.6 Å². The van der Waals surface area contributed by atoms with Gasteiger partial charge in [-0.3, -0.25) is 14.3 Å². The first-order chi connectivity index (χ1) is 16.0. The number of hydrogen-bond donors (Lipinski definition) is 0. The number of aromatic nitrogens is 2. The first-order valence-corrected chi connectivity index (χ1v) is 12.0. The van der Waals surface area contributed by atoms with Gasteiger partial charge in [-0.1, -0.05) is 17.7 Å². The minimum atomic E-state index is -0.0130. The van der Waals surface area contributed by atoms with E-state index in [1.54, 1.807) is 4.57 Å². The Bertz CT molecular complexity index is 1180. The Balaban J connectivity index is 1.63. The third-order valence-corrected chi connectivity index (χ3v) is 7.09. The van der Waals surface area contributed by atoms with E-state index in [2.05, 4.69) is 39.8 Å². The van der Waals surface area contributed by atoms with Crippen LogP contribution in [0.15, 0.2) is 47.3 Å². The summed E-state index contributed by atoms with van der Waals surface area (Å²) in [5.74, 6) is 0.773. The van der Waals surface area contributed by atoms with E-state index < -0.39 is 0 Å². The second-order valence-corrected chi connectivity index (χ2v) is 9.62. The van der Waals surface area contributed by atoms with Crippen molar-refractivity contribution in [3.63, 3.8) is 0 Å². The summed E-state index contributed by atoms with van der Waals surface area (Å²) in [5.41, 5.74) is 2.54. The highest BCUT2D eigenvalue weighted by atomic mass is 35.5. The largest absolute Gasteiger partial charge is 0.368 e. The van der Waals surface area contributed by atoms with Crippen molar-refractivity contribution < 1.29 is 0 Å². The predicted octanol–water partition coefficient (Wildman–Crippen LogP) is 2.54. The molecule has 174 valence electrons. The van der Waals surface area contributed by atoms with E-state index in [0.29, 0.717) is 17.0 Å². The summed E-state index contributed by atoms with van der Waals surface area (Å²) in [6, 6.07) is 13.5. The molecule has 0 bridgehead atoms. The average Bonchev–Trinajstić information content (AvgIpc) is 2.82. The number of benzene rings is 2. The molecule has 0 N–H and O–H groups in total. The molecule has 5 rings (SSSR count). The molecular formula is C25H31ClN6O. The minimum absolute atomic E-state index is 0.0130. The standard InChI is InChI=1S/C25H31ClN6O/c1-28-10-14-30(15-11-28)18-23-27-21-4-3-5-22(31-16-12-29(2)13-17-31)24(21)25(33)32(23)20-8-6-19(26)7-9-20/h3-9H,10-18H2,1-2H3. The van der Waals surface area contributed by atoms with Crippen LogP contribution in [0.25, 0.3) is 16.6 Å². The maximum Gasteiger partial charge on any atom is 0.268 e. The van der Waals surface area contributed by atoms with Gasteiger partial charge in [0.05, 0.1) is 28.8 Å². The van der Waals surface area contributed by atoms with Crippen LogP contribution < -0.4 is 10.5 Å². The van der Waals surface area contributed by atoms with Crippen molar-refractivity contribution in [1.29, 1.82) is 0 Å². The quantitative estimate of drug-likeness (QED) is 0.589. The van der Waals surface area contributed by atoms with Crippen molar-refractivity contribution in [2.75, 3.05) is 71.4 Å². The van der Waals surface area contributed by atoms with Crippen LogP contribution in [0.5, 0.6) is 0 Å². The normalized spacial score (nSPS) is 18.8. The van der Waals surface area contributed by atoms with E-state index in [4.69, 9.17) is 16.6 Å². The number of likely N-dealkylation sites (N-methyl/N-ethyl adjacent to an activating group) is 2. The molecule has 2 fully saturated rings. The van der Waals surface area contributed by atoms with Gasteiger partial charge in [0.15, 0.2) is 0 Å². The molecule has 33 heavy (non-hydrogen) atoms. The highest BCUT2D eigenvalue weighted by molar-refractivity contribution is 6.30. The van der Waals surface area contributed by atoms with Gasteiger partial charge in [-0.05, 0) is 50.5 Å². The average molecular weight is 467 g/mol. The summed E-state index contributed by atoms with van der Waals surface area (Å²) in [4.78, 5) is 28.5. The minimum Gasteiger partial charge on any atom is -0.368 e. The van der Waals surface area contributed by atoms with E-state index in [1.807, 2.05) is 36.4 Å². The summed E-state index contributed by atoms with van der Waals surface area (Å²) >= 11 is 6.16. The predicted molar refractivity (Wildman–Crippen MR) is 135 cm³/mol. The molecule has 0 spiro atoms. The van der Waals surface area contributed by atoms with Gasteiger partial charge in [0, 0.05) is 57.4 Å². The first-order valence-electron chi connectivity index (χ1n) is 11.6. The maximum absolute atomic E-state index is 14.1. The molecule has 0 aliphatic carbocycles. The molecule has 2 aliphatic heterocycles. The van der Waals surface area contributed by atoms with Gasteiger partial charge in [-0.25, -0.2) is 4.98 Å². The maximum atomic E-state index is 14.1. The van der Waals surface area contributed by atoms with E-state index >= 15 is 0 Å². The van der Waals surface area contributed by atoms with Crippen molar-refractivity contribution in [1.82, 2.24) is 24.3 Å². The number of piperazine rings is 2. The van der Waals surface area contributed by atoms with Crippen molar-refractivity contribution in [3.8, 4) is 5.69 Å². The van der Waals surface area contributed by atoms with Crippen LogP contribution in [0.1, 0.15) is 5.82 Å². The summed E-state index contributed by atoms with van der Waals surface area (Å²) in [6.07, 6.45) is 0. The summed E-state index contributed by atoms with van der Waals surface area (Å²) in [6.45, 7) is 8.38. The monoisotopic (exact) mass is 466 g/mol. The molecule has 0 radical (unpaired) electrons. The molecule has 1 aromatic heterocycles. The van der Waals surface area contributed by atoms with Crippen LogP contribution in [0.4, 0.5) is 5.69 Å². The summed E-state index contributed by atoms with van der Waals surface area (Å²) in [5, 5.41) is 1.35. The molecule has 0 amide bonds. The lowest BCUT2D eigenvalue weighted by Crippen LogP contribution is -2.45. The SMILES string of the molecule is CN1CCN(Cc2nc3cccc(N4CCN(C)CC4)c3c(=O)n2-c2ccc(Cl)cc2)CC1. The second kappa shape index (κ2) is 9.43. The van der Waals surface area contributed by atoms with Crippen LogP contribution in [0, 0.1) is 0 Å². The third-order valence-electron chi connectivity index (χ3n) is 6.83. The van der Waals surface area contributed by atoms with Crippen molar-refractivity contribution >= 4 is 28.2 Å². The van der Waals surface area contributed by atoms with Gasteiger partial charge in [0.1, 0.15) is 5.82 Å². The van der Waals surface area contributed by atoms with Gasteiger partial charge in [-0.2, -0.15) is 0 Å². The van der Waals surface area contributed by atoms with Gasteiger partial charge in [0.2, 0.25) is 0 Å². The van der Waals surface area contributed by atoms with Crippen LogP contribution in [0.3, 0.4) is 0 Å². The Morgan fingerprint density at radius 3 is 2.15 bits per heavy atom. The van der Waals surface area contributed by atoms with Gasteiger partial charge in [0.25, 0.3) is 5.56 Å². The molecular weight excluding hydrogens is 436 g/mol. The lowest BCUT2D eigenvalue weighted by Gasteiger charge is -2.35. The molecule has 2 aromatic carbocycles. The van der Waals surface area contributed by atoms with Crippen LogP contribution in [0.2, 0.25) is 5.02 Å². The lowest BCUT2D eigenvalue weighted by molar-refractivity contribution is 0.144. The van der Waals surface area contributed by atoms with E-state index in [-0.39, 0.29) is 5.56 Å². The van der Waals surface area contributed by atoms with Crippen LogP contribution in [-0.2, 0) is 6.54 Å². The number of rotatable bonds is 4. The van der Waals surface area contributed by atoms with Crippen molar-refractivity contribution in [2.45, 2.75) is 6.54 Å². The molecule has 0 unspecified atom stereocenters. The number of halogens is 1. The molecule has 0 atom stereocenters. The van der Waals surface area contributed by atoms with E-state index in [9.17, 15) is 4.79 Å². The molecule has 8 heteroatoms. The van der Waals surface area contributed by atoms with Crippen molar-refractivity contribution in [3.05, 3.63) is 63.7 Å². The Hall–Kier alpha value is -2.45. The zero-order valence-corrected chi connectivity index (χ0v) is 20.1. The molecule has 7 nitrogen and oxygen atoms in total. The summed E-state index contributed by atoms with van der Waals surface area (Å²) in [7, 11) is 4.29. The highest BCUT2D eigenvalue weighted by Gasteiger charge is 2.23. The van der Waals surface area contributed by atoms with Gasteiger partial charge in [-0.15, -0.1) is 0 Å². The lowest BCUT2D eigenvalue weighted by atomic mass is 10.1. The molecule has 2 aliphatic rings. The zero-order chi connectivity index (χ0) is 22.9. The number of hydrogen-bond acceptors (Lipinski definition) is 6. The number of fused-ring (bicyclic) bond motifs is 1. The summed E-state index contributed by atoms with van der Waals surface area (Å²) < 4.78 is 1.79. The topological polar surface area (TPSA) is 47.9 Å². The van der Waals surface area contributed by atoms with E-state index in [0.717, 1.165) is 75.1 Å². The smallest absolute Gasteiger partial charge is 0.268 e. The molecule has 0 saturated carbocycles. The van der Waals surface area contributed by atoms with Gasteiger partial charge < -0.3 is 14.7 Å².